The molecule has 2 aromatic rings. The SMILES string of the molecule is C[C@@H]1[C@@H]2C[C@@H](C[C@H]2OCC2C(C3CC3)C=NN2c2c(Cl)cccc2Cl)N1c1ccc(C(=O)O)c(F)c1. The van der Waals surface area contributed by atoms with Crippen LogP contribution in [0.2, 0.25) is 10.0 Å². The molecule has 4 aliphatic rings. The third-order valence-corrected chi connectivity index (χ3v) is 9.00. The first-order valence-corrected chi connectivity index (χ1v) is 13.3. The van der Waals surface area contributed by atoms with Crippen molar-refractivity contribution in [3.63, 3.8) is 0 Å². The predicted octanol–water partition coefficient (Wildman–Crippen LogP) is 6.10. The van der Waals surface area contributed by atoms with Crippen LogP contribution in [0.15, 0.2) is 41.5 Å². The summed E-state index contributed by atoms with van der Waals surface area (Å²) in [5, 5.41) is 17.0. The zero-order valence-corrected chi connectivity index (χ0v) is 21.4. The molecule has 9 heteroatoms. The van der Waals surface area contributed by atoms with Crippen LogP contribution in [0.3, 0.4) is 0 Å². The van der Waals surface area contributed by atoms with Crippen molar-refractivity contribution in [2.24, 2.45) is 22.9 Å². The van der Waals surface area contributed by atoms with Gasteiger partial charge in [-0.05, 0) is 68.9 Å². The summed E-state index contributed by atoms with van der Waals surface area (Å²) in [4.78, 5) is 13.4. The quantitative estimate of drug-likeness (QED) is 0.467. The van der Waals surface area contributed by atoms with E-state index < -0.39 is 11.8 Å². The average Bonchev–Trinajstić information content (AvgIpc) is 3.34. The normalized spacial score (nSPS) is 31.0. The van der Waals surface area contributed by atoms with Crippen molar-refractivity contribution in [3.05, 3.63) is 57.8 Å². The number of nitrogens with zero attached hydrogens (tertiary/aromatic N) is 3. The largest absolute Gasteiger partial charge is 0.478 e. The Morgan fingerprint density at radius 2 is 1.94 bits per heavy atom. The number of hydrogen-bond acceptors (Lipinski definition) is 5. The summed E-state index contributed by atoms with van der Waals surface area (Å²) in [5.74, 6) is -0.715. The first-order chi connectivity index (χ1) is 17.3. The number of hydrazone groups is 1. The van der Waals surface area contributed by atoms with Crippen molar-refractivity contribution in [1.82, 2.24) is 0 Å². The third kappa shape index (κ3) is 4.05. The minimum Gasteiger partial charge on any atom is -0.478 e. The van der Waals surface area contributed by atoms with E-state index in [2.05, 4.69) is 11.8 Å². The second kappa shape index (κ2) is 9.19. The Morgan fingerprint density at radius 3 is 2.58 bits per heavy atom. The van der Waals surface area contributed by atoms with E-state index in [0.717, 1.165) is 24.2 Å². The molecule has 2 aliphatic carbocycles. The van der Waals surface area contributed by atoms with Crippen molar-refractivity contribution in [2.45, 2.75) is 56.8 Å². The van der Waals surface area contributed by atoms with Gasteiger partial charge < -0.3 is 14.7 Å². The van der Waals surface area contributed by atoms with E-state index in [4.69, 9.17) is 38.1 Å². The summed E-state index contributed by atoms with van der Waals surface area (Å²) in [6.07, 6.45) is 6.37. The van der Waals surface area contributed by atoms with Gasteiger partial charge in [0.05, 0.1) is 40.0 Å². The standard InChI is InChI=1S/C27H28Cl2FN3O3/c1-14-19-9-17(32(14)16-7-8-18(27(34)35)23(30)10-16)11-25(19)36-13-24-20(15-5-6-15)12-31-33(24)26-21(28)3-2-4-22(26)29/h2-4,7-8,10,12,14-15,17,19-20,24-25H,5-6,9,11,13H2,1H3,(H,34,35)/t14-,17+,19+,20?,24?,25-/m1/s1. The molecule has 2 saturated carbocycles. The molecule has 6 nitrogen and oxygen atoms in total. The lowest BCUT2D eigenvalue weighted by Crippen LogP contribution is -2.46. The van der Waals surface area contributed by atoms with Crippen LogP contribution in [0, 0.1) is 23.6 Å². The maximum absolute atomic E-state index is 14.4. The Morgan fingerprint density at radius 1 is 1.19 bits per heavy atom. The Labute approximate surface area is 219 Å². The number of piperidine rings is 1. The summed E-state index contributed by atoms with van der Waals surface area (Å²) in [5.41, 5.74) is 1.16. The summed E-state index contributed by atoms with van der Waals surface area (Å²) >= 11 is 13.0. The van der Waals surface area contributed by atoms with E-state index >= 15 is 0 Å². The number of carboxylic acid groups (broad SMARTS) is 1. The topological polar surface area (TPSA) is 65.4 Å². The van der Waals surface area contributed by atoms with Crippen molar-refractivity contribution in [3.8, 4) is 0 Å². The molecule has 190 valence electrons. The molecule has 1 N–H and O–H groups in total. The van der Waals surface area contributed by atoms with Crippen LogP contribution in [-0.2, 0) is 4.74 Å². The van der Waals surface area contributed by atoms with E-state index in [9.17, 15) is 9.18 Å². The fraction of sp³-hybridized carbons (Fsp3) is 0.481. The lowest BCUT2D eigenvalue weighted by molar-refractivity contribution is 0.00407. The van der Waals surface area contributed by atoms with Gasteiger partial charge in [-0.15, -0.1) is 0 Å². The first kappa shape index (κ1) is 24.0. The van der Waals surface area contributed by atoms with E-state index in [1.54, 1.807) is 6.07 Å². The van der Waals surface area contributed by atoms with Gasteiger partial charge in [-0.25, -0.2) is 9.18 Å². The van der Waals surface area contributed by atoms with Gasteiger partial charge in [-0.2, -0.15) is 5.10 Å². The van der Waals surface area contributed by atoms with Crippen LogP contribution in [0.5, 0.6) is 0 Å². The van der Waals surface area contributed by atoms with Crippen LogP contribution >= 0.6 is 23.2 Å². The Kier molecular flexibility index (Phi) is 6.13. The molecule has 2 heterocycles. The molecule has 0 aromatic heterocycles. The fourth-order valence-corrected chi connectivity index (χ4v) is 7.07. The highest BCUT2D eigenvalue weighted by molar-refractivity contribution is 6.39. The number of benzene rings is 2. The van der Waals surface area contributed by atoms with Crippen LogP contribution in [0.1, 0.15) is 43.0 Å². The molecule has 2 bridgehead atoms. The van der Waals surface area contributed by atoms with Crippen molar-refractivity contribution >= 4 is 46.8 Å². The number of para-hydroxylation sites is 1. The van der Waals surface area contributed by atoms with E-state index in [0.29, 0.717) is 34.4 Å². The van der Waals surface area contributed by atoms with Crippen LogP contribution < -0.4 is 9.91 Å². The highest BCUT2D eigenvalue weighted by atomic mass is 35.5. The number of fused-ring (bicyclic) bond motifs is 2. The Hall–Kier alpha value is -2.35. The average molecular weight is 532 g/mol. The van der Waals surface area contributed by atoms with Gasteiger partial charge in [-0.1, -0.05) is 29.3 Å². The zero-order valence-electron chi connectivity index (χ0n) is 19.9. The fourth-order valence-electron chi connectivity index (χ4n) is 6.50. The number of hydrogen-bond donors (Lipinski definition) is 1. The molecule has 2 aliphatic heterocycles. The lowest BCUT2D eigenvalue weighted by atomic mass is 9.95. The van der Waals surface area contributed by atoms with Crippen LogP contribution in [-0.4, -0.2) is 48.1 Å². The van der Waals surface area contributed by atoms with Gasteiger partial charge in [0.2, 0.25) is 0 Å². The molecule has 0 amide bonds. The molecule has 2 aromatic carbocycles. The molecule has 1 saturated heterocycles. The van der Waals surface area contributed by atoms with Gasteiger partial charge in [0.1, 0.15) is 5.82 Å². The second-order valence-corrected chi connectivity index (χ2v) is 11.3. The van der Waals surface area contributed by atoms with Gasteiger partial charge >= 0.3 is 5.97 Å². The number of halogens is 3. The van der Waals surface area contributed by atoms with E-state index in [1.165, 1.54) is 25.0 Å². The second-order valence-electron chi connectivity index (χ2n) is 10.4. The Bertz CT molecular complexity index is 1200. The maximum atomic E-state index is 14.4. The van der Waals surface area contributed by atoms with Gasteiger partial charge in [-0.3, -0.25) is 5.01 Å². The number of anilines is 2. The molecule has 0 spiro atoms. The summed E-state index contributed by atoms with van der Waals surface area (Å²) < 4.78 is 21.0. The van der Waals surface area contributed by atoms with E-state index in [1.807, 2.05) is 29.4 Å². The highest BCUT2D eigenvalue weighted by Gasteiger charge is 2.51. The van der Waals surface area contributed by atoms with Gasteiger partial charge in [0.25, 0.3) is 0 Å². The number of aromatic carboxylic acids is 1. The van der Waals surface area contributed by atoms with Gasteiger partial charge in [0, 0.05) is 35.8 Å². The maximum Gasteiger partial charge on any atom is 0.338 e. The molecule has 6 atom stereocenters. The molecule has 3 fully saturated rings. The molecule has 36 heavy (non-hydrogen) atoms. The number of ether oxygens (including phenoxy) is 1. The number of carbonyl (C=O) groups is 1. The molecule has 0 radical (unpaired) electrons. The van der Waals surface area contributed by atoms with Crippen molar-refractivity contribution in [2.75, 3.05) is 16.5 Å². The number of carboxylic acids is 1. The monoisotopic (exact) mass is 531 g/mol. The minimum atomic E-state index is -1.25. The predicted molar refractivity (Wildman–Crippen MR) is 139 cm³/mol. The molecule has 6 rings (SSSR count). The van der Waals surface area contributed by atoms with E-state index in [-0.39, 0.29) is 29.8 Å². The molecular weight excluding hydrogens is 504 g/mol. The molecule has 2 unspecified atom stereocenters. The zero-order chi connectivity index (χ0) is 25.1. The number of rotatable bonds is 7. The Balaban J connectivity index is 1.16. The summed E-state index contributed by atoms with van der Waals surface area (Å²) in [6.45, 7) is 2.68. The third-order valence-electron chi connectivity index (χ3n) is 8.39. The van der Waals surface area contributed by atoms with Gasteiger partial charge in [0.15, 0.2) is 0 Å². The minimum absolute atomic E-state index is 0.0399. The highest BCUT2D eigenvalue weighted by Crippen LogP contribution is 2.48. The smallest absolute Gasteiger partial charge is 0.338 e. The lowest BCUT2D eigenvalue weighted by Gasteiger charge is -2.39. The van der Waals surface area contributed by atoms with Crippen molar-refractivity contribution < 1.29 is 19.0 Å². The first-order valence-electron chi connectivity index (χ1n) is 12.5. The summed E-state index contributed by atoms with van der Waals surface area (Å²) in [6, 6.07) is 10.3. The van der Waals surface area contributed by atoms with Crippen LogP contribution in [0.25, 0.3) is 0 Å². The van der Waals surface area contributed by atoms with Crippen molar-refractivity contribution in [1.29, 1.82) is 0 Å². The summed E-state index contributed by atoms with van der Waals surface area (Å²) in [7, 11) is 0. The van der Waals surface area contributed by atoms with Crippen LogP contribution in [0.4, 0.5) is 15.8 Å². The molecular formula is C27H28Cl2FN3O3.